The van der Waals surface area contributed by atoms with Crippen molar-refractivity contribution in [2.75, 3.05) is 54.2 Å². The largest absolute Gasteiger partial charge is 0.464 e. The summed E-state index contributed by atoms with van der Waals surface area (Å²) in [6, 6.07) is 29.4. The number of hydrogen-bond donors (Lipinski definition) is 0. The zero-order valence-corrected chi connectivity index (χ0v) is 27.2. The highest BCUT2D eigenvalue weighted by atomic mass is 16.7. The van der Waals surface area contributed by atoms with Gasteiger partial charge in [0.1, 0.15) is 0 Å². The average molecular weight is 672 g/mol. The molecule has 0 spiro atoms. The van der Waals surface area contributed by atoms with Crippen LogP contribution < -0.4 is 9.47 Å². The van der Waals surface area contributed by atoms with Gasteiger partial charge in [0, 0.05) is 19.8 Å². The summed E-state index contributed by atoms with van der Waals surface area (Å²) in [7, 11) is 3.09. The molecule has 12 nitrogen and oxygen atoms in total. The van der Waals surface area contributed by atoms with Crippen molar-refractivity contribution in [3.63, 3.8) is 0 Å². The molecule has 2 amide bonds. The zero-order valence-electron chi connectivity index (χ0n) is 27.2. The molecule has 0 fully saturated rings. The van der Waals surface area contributed by atoms with Crippen LogP contribution in [0.4, 0.5) is 0 Å². The summed E-state index contributed by atoms with van der Waals surface area (Å²) in [6.07, 6.45) is -2.55. The summed E-state index contributed by atoms with van der Waals surface area (Å²) in [6.45, 7) is 0.734. The van der Waals surface area contributed by atoms with E-state index in [0.717, 1.165) is 0 Å². The van der Waals surface area contributed by atoms with Crippen LogP contribution in [0, 0.1) is 0 Å². The molecule has 0 aromatic heterocycles. The Labute approximate surface area is 283 Å². The normalized spacial score (nSPS) is 13.0. The van der Waals surface area contributed by atoms with Gasteiger partial charge in [0.05, 0.1) is 37.6 Å². The van der Waals surface area contributed by atoms with Gasteiger partial charge < -0.3 is 33.2 Å². The van der Waals surface area contributed by atoms with Crippen LogP contribution in [0.1, 0.15) is 49.6 Å². The van der Waals surface area contributed by atoms with Crippen molar-refractivity contribution < 1.29 is 52.4 Å². The predicted molar refractivity (Wildman–Crippen MR) is 175 cm³/mol. The molecule has 49 heavy (non-hydrogen) atoms. The molecule has 0 saturated heterocycles. The molecule has 1 heterocycles. The Bertz CT molecular complexity index is 1610. The third kappa shape index (κ3) is 8.87. The van der Waals surface area contributed by atoms with Gasteiger partial charge in [-0.05, 0) is 29.3 Å². The van der Waals surface area contributed by atoms with Gasteiger partial charge in [-0.25, -0.2) is 9.63 Å². The second-order valence-corrected chi connectivity index (χ2v) is 10.6. The van der Waals surface area contributed by atoms with Gasteiger partial charge >= 0.3 is 5.97 Å². The topological polar surface area (TPSA) is 128 Å². The van der Waals surface area contributed by atoms with E-state index >= 15 is 0 Å². The minimum Gasteiger partial charge on any atom is -0.464 e. The van der Waals surface area contributed by atoms with E-state index in [0.29, 0.717) is 29.4 Å². The first-order chi connectivity index (χ1) is 24.0. The molecule has 1 unspecified atom stereocenters. The summed E-state index contributed by atoms with van der Waals surface area (Å²) < 4.78 is 39.2. The summed E-state index contributed by atoms with van der Waals surface area (Å²) in [5.41, 5.74) is 1.76. The Morgan fingerprint density at radius 1 is 0.633 bits per heavy atom. The maximum absolute atomic E-state index is 14.4. The molecule has 0 radical (unpaired) electrons. The van der Waals surface area contributed by atoms with E-state index < -0.39 is 30.0 Å². The predicted octanol–water partition coefficient (Wildman–Crippen LogP) is 5.29. The van der Waals surface area contributed by atoms with Crippen molar-refractivity contribution in [3.05, 3.63) is 131 Å². The maximum Gasteiger partial charge on any atom is 0.343 e. The molecule has 5 rings (SSSR count). The van der Waals surface area contributed by atoms with Gasteiger partial charge in [0.2, 0.25) is 6.10 Å². The fourth-order valence-electron chi connectivity index (χ4n) is 4.97. The number of para-hydroxylation sites is 1. The zero-order chi connectivity index (χ0) is 34.4. The summed E-state index contributed by atoms with van der Waals surface area (Å²) in [5, 5.41) is 0.566. The number of esters is 1. The molecular weight excluding hydrogens is 634 g/mol. The Morgan fingerprint density at radius 2 is 1.16 bits per heavy atom. The van der Waals surface area contributed by atoms with E-state index in [1.54, 1.807) is 44.6 Å². The molecule has 0 N–H and O–H groups in total. The number of ether oxygens (including phenoxy) is 7. The highest BCUT2D eigenvalue weighted by molar-refractivity contribution is 6.20. The Balaban J connectivity index is 1.53. The number of amides is 2. The maximum atomic E-state index is 14.4. The highest BCUT2D eigenvalue weighted by Crippen LogP contribution is 2.40. The molecule has 1 aliphatic heterocycles. The molecule has 256 valence electrons. The number of hydroxylamine groups is 2. The van der Waals surface area contributed by atoms with E-state index in [9.17, 15) is 14.4 Å². The van der Waals surface area contributed by atoms with Gasteiger partial charge in [-0.3, -0.25) is 9.59 Å². The number of fused-ring (bicyclic) bond motifs is 1. The van der Waals surface area contributed by atoms with Gasteiger partial charge in [0.25, 0.3) is 11.8 Å². The lowest BCUT2D eigenvalue weighted by atomic mass is 10.0. The van der Waals surface area contributed by atoms with Crippen molar-refractivity contribution in [1.29, 1.82) is 0 Å². The van der Waals surface area contributed by atoms with E-state index in [1.807, 2.05) is 60.7 Å². The number of rotatable bonds is 19. The summed E-state index contributed by atoms with van der Waals surface area (Å²) in [4.78, 5) is 47.3. The summed E-state index contributed by atoms with van der Waals surface area (Å²) in [5.74, 6) is -2.15. The van der Waals surface area contributed by atoms with Crippen molar-refractivity contribution in [2.24, 2.45) is 0 Å². The van der Waals surface area contributed by atoms with Crippen LogP contribution in [0.2, 0.25) is 0 Å². The first-order valence-corrected chi connectivity index (χ1v) is 15.5. The SMILES string of the molecule is COCCOCOc1cccc(C(ON2C(=O)c3ccccc3C2=O)C(=O)OC(c2ccccc2)c2ccccc2)c1OCOCCOC. The Morgan fingerprint density at radius 3 is 1.71 bits per heavy atom. The fraction of sp³-hybridized carbons (Fsp3) is 0.270. The number of benzene rings is 4. The van der Waals surface area contributed by atoms with Crippen LogP contribution in [0.25, 0.3) is 0 Å². The Hall–Kier alpha value is -5.11. The fourth-order valence-corrected chi connectivity index (χ4v) is 4.97. The van der Waals surface area contributed by atoms with Crippen molar-refractivity contribution in [3.8, 4) is 11.5 Å². The number of methoxy groups -OCH3 is 2. The van der Waals surface area contributed by atoms with Crippen molar-refractivity contribution in [2.45, 2.75) is 12.2 Å². The van der Waals surface area contributed by atoms with E-state index in [4.69, 9.17) is 38.0 Å². The van der Waals surface area contributed by atoms with Crippen LogP contribution in [-0.4, -0.2) is 77.1 Å². The monoisotopic (exact) mass is 671 g/mol. The van der Waals surface area contributed by atoms with Crippen molar-refractivity contribution in [1.82, 2.24) is 5.06 Å². The molecule has 1 aliphatic rings. The third-order valence-electron chi connectivity index (χ3n) is 7.36. The second-order valence-electron chi connectivity index (χ2n) is 10.6. The smallest absolute Gasteiger partial charge is 0.343 e. The van der Waals surface area contributed by atoms with Crippen LogP contribution in [-0.2, 0) is 33.3 Å². The minimum absolute atomic E-state index is 0.0461. The standard InChI is InChI=1S/C37H37NO11/c1-42-20-22-44-24-46-31-19-11-18-30(33(31)47-25-45-23-21-43-2)34(49-38-35(39)28-16-9-10-17-29(28)36(38)40)37(41)48-32(26-12-5-3-6-13-26)27-14-7-4-8-15-27/h3-19,32,34H,20-25H2,1-2H3. The molecule has 0 bridgehead atoms. The number of carbonyl (C=O) groups is 3. The third-order valence-corrected chi connectivity index (χ3v) is 7.36. The van der Waals surface area contributed by atoms with Gasteiger partial charge in [-0.1, -0.05) is 84.9 Å². The minimum atomic E-state index is -1.69. The van der Waals surface area contributed by atoms with Gasteiger partial charge in [-0.2, -0.15) is 0 Å². The van der Waals surface area contributed by atoms with Crippen LogP contribution in [0.15, 0.2) is 103 Å². The van der Waals surface area contributed by atoms with Gasteiger partial charge in [-0.15, -0.1) is 5.06 Å². The van der Waals surface area contributed by atoms with E-state index in [2.05, 4.69) is 0 Å². The van der Waals surface area contributed by atoms with Crippen LogP contribution >= 0.6 is 0 Å². The van der Waals surface area contributed by atoms with Gasteiger partial charge in [0.15, 0.2) is 31.2 Å². The molecule has 12 heteroatoms. The number of imide groups is 1. The van der Waals surface area contributed by atoms with E-state index in [1.165, 1.54) is 12.1 Å². The number of carbonyl (C=O) groups excluding carboxylic acids is 3. The molecule has 4 aromatic carbocycles. The van der Waals surface area contributed by atoms with Crippen molar-refractivity contribution >= 4 is 17.8 Å². The lowest BCUT2D eigenvalue weighted by molar-refractivity contribution is -0.185. The molecular formula is C37H37NO11. The van der Waals surface area contributed by atoms with Crippen LogP contribution in [0.3, 0.4) is 0 Å². The molecule has 0 saturated carbocycles. The summed E-state index contributed by atoms with van der Waals surface area (Å²) >= 11 is 0. The Kier molecular flexibility index (Phi) is 12.8. The molecule has 1 atom stereocenters. The second kappa shape index (κ2) is 17.9. The number of nitrogens with zero attached hydrogens (tertiary/aromatic N) is 1. The van der Waals surface area contributed by atoms with Crippen LogP contribution in [0.5, 0.6) is 11.5 Å². The first kappa shape index (κ1) is 35.2. The molecule has 4 aromatic rings. The quantitative estimate of drug-likeness (QED) is 0.0559. The lowest BCUT2D eigenvalue weighted by Crippen LogP contribution is -2.35. The average Bonchev–Trinajstić information content (AvgIpc) is 3.38. The highest BCUT2D eigenvalue weighted by Gasteiger charge is 2.42. The molecule has 0 aliphatic carbocycles. The number of hydrogen-bond acceptors (Lipinski definition) is 11. The first-order valence-electron chi connectivity index (χ1n) is 15.5. The lowest BCUT2D eigenvalue weighted by Gasteiger charge is -2.26. The van der Waals surface area contributed by atoms with E-state index in [-0.39, 0.29) is 55.0 Å².